The number of halogens is 2. The van der Waals surface area contributed by atoms with E-state index in [2.05, 4.69) is 71.5 Å². The third-order valence-corrected chi connectivity index (χ3v) is 4.45. The van der Waals surface area contributed by atoms with E-state index < -0.39 is 0 Å². The van der Waals surface area contributed by atoms with E-state index in [-0.39, 0.29) is 0 Å². The summed E-state index contributed by atoms with van der Waals surface area (Å²) in [7, 11) is 0. The molecule has 1 unspecified atom stereocenters. The van der Waals surface area contributed by atoms with Gasteiger partial charge in [0.2, 0.25) is 0 Å². The van der Waals surface area contributed by atoms with Crippen LogP contribution in [0.3, 0.4) is 0 Å². The predicted octanol–water partition coefficient (Wildman–Crippen LogP) is 6.29. The average Bonchev–Trinajstić information content (AvgIpc) is 2.48. The molecule has 1 N–H and O–H groups in total. The van der Waals surface area contributed by atoms with Gasteiger partial charge in [-0.1, -0.05) is 65.1 Å². The summed E-state index contributed by atoms with van der Waals surface area (Å²) in [6, 6.07) is 17.3. The van der Waals surface area contributed by atoms with Crippen molar-refractivity contribution in [2.75, 3.05) is 0 Å². The highest BCUT2D eigenvalue weighted by Gasteiger charge is 2.14. The second-order valence-corrected chi connectivity index (χ2v) is 6.68. The van der Waals surface area contributed by atoms with Crippen LogP contribution in [0.2, 0.25) is 5.02 Å². The highest BCUT2D eigenvalue weighted by Crippen LogP contribution is 2.25. The van der Waals surface area contributed by atoms with Crippen LogP contribution in [0.1, 0.15) is 49.9 Å². The van der Waals surface area contributed by atoms with Gasteiger partial charge < -0.3 is 5.32 Å². The largest absolute Gasteiger partial charge is 0.303 e. The number of benzene rings is 2. The highest BCUT2D eigenvalue weighted by atomic mass is 79.9. The molecule has 0 aliphatic heterocycles. The fourth-order valence-electron chi connectivity index (χ4n) is 2.48. The smallest absolute Gasteiger partial charge is 0.0406 e. The normalized spacial score (nSPS) is 13.9. The Morgan fingerprint density at radius 1 is 1.00 bits per heavy atom. The van der Waals surface area contributed by atoms with Gasteiger partial charge in [0.25, 0.3) is 0 Å². The molecule has 0 aromatic heterocycles. The maximum atomic E-state index is 5.99. The van der Waals surface area contributed by atoms with Crippen molar-refractivity contribution in [1.29, 1.82) is 0 Å². The minimum Gasteiger partial charge on any atom is -0.303 e. The van der Waals surface area contributed by atoms with Crippen LogP contribution in [0.25, 0.3) is 0 Å². The molecule has 2 aromatic carbocycles. The summed E-state index contributed by atoms with van der Waals surface area (Å²) < 4.78 is 1.11. The molecule has 0 saturated carbocycles. The summed E-state index contributed by atoms with van der Waals surface area (Å²) in [5.41, 5.74) is 2.60. The van der Waals surface area contributed by atoms with Crippen molar-refractivity contribution in [3.05, 3.63) is 69.2 Å². The molecule has 2 rings (SSSR count). The van der Waals surface area contributed by atoms with Crippen molar-refractivity contribution >= 4 is 27.5 Å². The third-order valence-electron chi connectivity index (χ3n) is 3.67. The number of hydrogen-bond donors (Lipinski definition) is 1. The topological polar surface area (TPSA) is 12.0 Å². The predicted molar refractivity (Wildman–Crippen MR) is 94.8 cm³/mol. The number of nitrogens with one attached hydrogen (secondary N) is 1. The Morgan fingerprint density at radius 2 is 1.57 bits per heavy atom. The summed E-state index contributed by atoms with van der Waals surface area (Å²) in [6.45, 7) is 4.43. The summed E-state index contributed by atoms with van der Waals surface area (Å²) in [6.07, 6.45) is 2.26. The van der Waals surface area contributed by atoms with Crippen LogP contribution in [0.15, 0.2) is 53.0 Å². The van der Waals surface area contributed by atoms with Gasteiger partial charge in [-0.2, -0.15) is 0 Å². The maximum Gasteiger partial charge on any atom is 0.0406 e. The van der Waals surface area contributed by atoms with E-state index >= 15 is 0 Å². The van der Waals surface area contributed by atoms with Gasteiger partial charge in [-0.25, -0.2) is 0 Å². The molecule has 0 aliphatic rings. The van der Waals surface area contributed by atoms with Crippen LogP contribution >= 0.6 is 27.5 Å². The molecule has 0 spiro atoms. The van der Waals surface area contributed by atoms with Gasteiger partial charge in [-0.15, -0.1) is 0 Å². The third kappa shape index (κ3) is 4.84. The lowest BCUT2D eigenvalue weighted by Crippen LogP contribution is -2.24. The van der Waals surface area contributed by atoms with Gasteiger partial charge in [0.15, 0.2) is 0 Å². The van der Waals surface area contributed by atoms with Gasteiger partial charge in [-0.3, -0.25) is 0 Å². The first-order valence-electron chi connectivity index (χ1n) is 7.37. The lowest BCUT2D eigenvalue weighted by molar-refractivity contribution is 0.439. The molecule has 2 aromatic rings. The Bertz CT molecular complexity index is 550. The van der Waals surface area contributed by atoms with E-state index in [0.717, 1.165) is 22.3 Å². The molecule has 0 bridgehead atoms. The SMILES string of the molecule is CCCC(N[C@@H](C)c1ccc(Br)cc1)c1ccc(Cl)cc1. The first-order valence-corrected chi connectivity index (χ1v) is 8.54. The molecule has 0 amide bonds. The van der Waals surface area contributed by atoms with Crippen LogP contribution in [0.5, 0.6) is 0 Å². The fourth-order valence-corrected chi connectivity index (χ4v) is 2.87. The van der Waals surface area contributed by atoms with Crippen LogP contribution < -0.4 is 5.32 Å². The minimum atomic E-state index is 0.310. The van der Waals surface area contributed by atoms with Crippen molar-refractivity contribution in [1.82, 2.24) is 5.32 Å². The number of hydrogen-bond acceptors (Lipinski definition) is 1. The molecule has 0 fully saturated rings. The quantitative estimate of drug-likeness (QED) is 0.633. The van der Waals surface area contributed by atoms with E-state index in [9.17, 15) is 0 Å². The van der Waals surface area contributed by atoms with E-state index in [0.29, 0.717) is 12.1 Å². The molecule has 112 valence electrons. The second kappa shape index (κ2) is 7.98. The Hall–Kier alpha value is -0.830. The van der Waals surface area contributed by atoms with Crippen LogP contribution in [-0.4, -0.2) is 0 Å². The van der Waals surface area contributed by atoms with Crippen molar-refractivity contribution in [3.63, 3.8) is 0 Å². The molecule has 0 saturated heterocycles. The molecule has 3 heteroatoms. The Kier molecular flexibility index (Phi) is 6.28. The van der Waals surface area contributed by atoms with Crippen LogP contribution in [0, 0.1) is 0 Å². The molecule has 0 radical (unpaired) electrons. The lowest BCUT2D eigenvalue weighted by Gasteiger charge is -2.24. The van der Waals surface area contributed by atoms with Crippen LogP contribution in [0.4, 0.5) is 0 Å². The minimum absolute atomic E-state index is 0.310. The first kappa shape index (κ1) is 16.5. The Balaban J connectivity index is 2.11. The Morgan fingerprint density at radius 3 is 2.14 bits per heavy atom. The summed E-state index contributed by atoms with van der Waals surface area (Å²) in [4.78, 5) is 0. The van der Waals surface area contributed by atoms with Crippen molar-refractivity contribution in [3.8, 4) is 0 Å². The van der Waals surface area contributed by atoms with Gasteiger partial charge in [-0.05, 0) is 48.7 Å². The zero-order valence-electron chi connectivity index (χ0n) is 12.4. The second-order valence-electron chi connectivity index (χ2n) is 5.33. The zero-order valence-corrected chi connectivity index (χ0v) is 14.8. The van der Waals surface area contributed by atoms with Crippen molar-refractivity contribution in [2.45, 2.75) is 38.8 Å². The summed E-state index contributed by atoms with van der Waals surface area (Å²) >= 11 is 9.47. The maximum absolute atomic E-state index is 5.99. The highest BCUT2D eigenvalue weighted by molar-refractivity contribution is 9.10. The molecular weight excluding hydrogens is 346 g/mol. The lowest BCUT2D eigenvalue weighted by atomic mass is 9.99. The fraction of sp³-hybridized carbons (Fsp3) is 0.333. The summed E-state index contributed by atoms with van der Waals surface area (Å²) in [5.74, 6) is 0. The molecule has 1 nitrogen and oxygen atoms in total. The van der Waals surface area contributed by atoms with Crippen molar-refractivity contribution < 1.29 is 0 Å². The zero-order chi connectivity index (χ0) is 15.2. The van der Waals surface area contributed by atoms with Gasteiger partial charge in [0.1, 0.15) is 0 Å². The van der Waals surface area contributed by atoms with Crippen molar-refractivity contribution in [2.24, 2.45) is 0 Å². The van der Waals surface area contributed by atoms with E-state index in [1.807, 2.05) is 12.1 Å². The molecule has 21 heavy (non-hydrogen) atoms. The standard InChI is InChI=1S/C18H21BrClN/c1-3-4-18(15-7-11-17(20)12-8-15)21-13(2)14-5-9-16(19)10-6-14/h5-13,18,21H,3-4H2,1-2H3/t13-,18?/m0/s1. The van der Waals surface area contributed by atoms with Gasteiger partial charge in [0.05, 0.1) is 0 Å². The molecule has 0 heterocycles. The summed E-state index contributed by atoms with van der Waals surface area (Å²) in [5, 5.41) is 4.52. The first-order chi connectivity index (χ1) is 10.1. The van der Waals surface area contributed by atoms with Crippen LogP contribution in [-0.2, 0) is 0 Å². The molecule has 0 aliphatic carbocycles. The van der Waals surface area contributed by atoms with E-state index in [4.69, 9.17) is 11.6 Å². The van der Waals surface area contributed by atoms with Gasteiger partial charge in [0, 0.05) is 21.6 Å². The number of rotatable bonds is 6. The monoisotopic (exact) mass is 365 g/mol. The molecule has 2 atom stereocenters. The average molecular weight is 367 g/mol. The van der Waals surface area contributed by atoms with E-state index in [1.54, 1.807) is 0 Å². The molecular formula is C18H21BrClN. The Labute approximate surface area is 140 Å². The van der Waals surface area contributed by atoms with Gasteiger partial charge >= 0.3 is 0 Å². The van der Waals surface area contributed by atoms with E-state index in [1.165, 1.54) is 11.1 Å².